The SMILES string of the molecule is COc1ccc(C2C/C(=N\N=Cc3ccccc3O)c3c(O)cc(O)cc3O2)cc1O. The smallest absolute Gasteiger partial charge is 0.160 e. The molecule has 0 saturated heterocycles. The summed E-state index contributed by atoms with van der Waals surface area (Å²) in [5.74, 6) is 0.244. The number of hydrogen-bond acceptors (Lipinski definition) is 8. The van der Waals surface area contributed by atoms with Crippen molar-refractivity contribution in [2.75, 3.05) is 7.11 Å². The molecule has 0 radical (unpaired) electrons. The zero-order valence-electron chi connectivity index (χ0n) is 16.6. The largest absolute Gasteiger partial charge is 0.508 e. The van der Waals surface area contributed by atoms with Crippen LogP contribution in [0.25, 0.3) is 0 Å². The van der Waals surface area contributed by atoms with Crippen LogP contribution in [0, 0.1) is 0 Å². The first-order valence-electron chi connectivity index (χ1n) is 9.44. The molecule has 4 N–H and O–H groups in total. The standard InChI is InChI=1S/C23H20N2O6/c1-30-20-7-6-13(8-18(20)28)21-11-16(23-19(29)9-15(26)10-22(23)31-21)25-24-12-14-4-2-3-5-17(14)27/h2-10,12,21,26-29H,11H2,1H3/b24-12?,25-16+. The minimum absolute atomic E-state index is 0.0378. The molecule has 158 valence electrons. The van der Waals surface area contributed by atoms with Crippen molar-refractivity contribution < 1.29 is 29.9 Å². The molecule has 1 atom stereocenters. The monoisotopic (exact) mass is 420 g/mol. The highest BCUT2D eigenvalue weighted by molar-refractivity contribution is 6.06. The van der Waals surface area contributed by atoms with Crippen molar-refractivity contribution in [1.82, 2.24) is 0 Å². The lowest BCUT2D eigenvalue weighted by Crippen LogP contribution is -2.21. The lowest BCUT2D eigenvalue weighted by atomic mass is 9.94. The number of rotatable bonds is 4. The van der Waals surface area contributed by atoms with Crippen molar-refractivity contribution in [1.29, 1.82) is 0 Å². The van der Waals surface area contributed by atoms with Crippen LogP contribution in [0.3, 0.4) is 0 Å². The molecule has 0 aromatic heterocycles. The van der Waals surface area contributed by atoms with Gasteiger partial charge in [0.25, 0.3) is 0 Å². The topological polar surface area (TPSA) is 124 Å². The zero-order valence-corrected chi connectivity index (χ0v) is 16.6. The average Bonchev–Trinajstić information content (AvgIpc) is 2.74. The van der Waals surface area contributed by atoms with Gasteiger partial charge < -0.3 is 29.9 Å². The Hall–Kier alpha value is -4.20. The molecule has 0 aliphatic carbocycles. The molecule has 31 heavy (non-hydrogen) atoms. The number of fused-ring (bicyclic) bond motifs is 1. The van der Waals surface area contributed by atoms with Crippen LogP contribution in [-0.4, -0.2) is 39.5 Å². The number of para-hydroxylation sites is 1. The Morgan fingerprint density at radius 3 is 2.52 bits per heavy atom. The summed E-state index contributed by atoms with van der Waals surface area (Å²) in [6.45, 7) is 0. The van der Waals surface area contributed by atoms with Gasteiger partial charge in [0.1, 0.15) is 29.1 Å². The predicted octanol–water partition coefficient (Wildman–Crippen LogP) is 3.86. The number of benzene rings is 3. The minimum atomic E-state index is -0.551. The molecule has 4 rings (SSSR count). The first kappa shape index (κ1) is 20.1. The van der Waals surface area contributed by atoms with Crippen LogP contribution in [0.5, 0.6) is 34.5 Å². The summed E-state index contributed by atoms with van der Waals surface area (Å²) in [4.78, 5) is 0. The van der Waals surface area contributed by atoms with Gasteiger partial charge in [-0.1, -0.05) is 18.2 Å². The molecule has 1 heterocycles. The molecule has 8 heteroatoms. The fourth-order valence-electron chi connectivity index (χ4n) is 3.38. The van der Waals surface area contributed by atoms with E-state index in [4.69, 9.17) is 9.47 Å². The number of aromatic hydroxyl groups is 4. The number of phenols is 4. The predicted molar refractivity (Wildman–Crippen MR) is 115 cm³/mol. The first-order chi connectivity index (χ1) is 15.0. The van der Waals surface area contributed by atoms with Gasteiger partial charge in [0, 0.05) is 24.1 Å². The minimum Gasteiger partial charge on any atom is -0.508 e. The number of methoxy groups -OCH3 is 1. The molecule has 0 amide bonds. The third-order valence-electron chi connectivity index (χ3n) is 4.89. The highest BCUT2D eigenvalue weighted by Crippen LogP contribution is 2.43. The van der Waals surface area contributed by atoms with Crippen LogP contribution < -0.4 is 9.47 Å². The van der Waals surface area contributed by atoms with Gasteiger partial charge in [-0.15, -0.1) is 0 Å². The Morgan fingerprint density at radius 2 is 1.77 bits per heavy atom. The fraction of sp³-hybridized carbons (Fsp3) is 0.130. The number of phenolic OH excluding ortho intramolecular Hbond substituents is 4. The van der Waals surface area contributed by atoms with Gasteiger partial charge in [-0.3, -0.25) is 0 Å². The molecule has 1 unspecified atom stereocenters. The van der Waals surface area contributed by atoms with Crippen LogP contribution in [-0.2, 0) is 0 Å². The molecule has 0 fully saturated rings. The van der Waals surface area contributed by atoms with E-state index < -0.39 is 6.10 Å². The van der Waals surface area contributed by atoms with E-state index in [0.29, 0.717) is 28.2 Å². The first-order valence-corrected chi connectivity index (χ1v) is 9.44. The van der Waals surface area contributed by atoms with Gasteiger partial charge in [0.15, 0.2) is 11.5 Å². The highest BCUT2D eigenvalue weighted by Gasteiger charge is 2.30. The van der Waals surface area contributed by atoms with Gasteiger partial charge in [0.05, 0.1) is 24.6 Å². The maximum atomic E-state index is 10.4. The van der Waals surface area contributed by atoms with Crippen molar-refractivity contribution in [2.45, 2.75) is 12.5 Å². The average molecular weight is 420 g/mol. The van der Waals surface area contributed by atoms with Crippen molar-refractivity contribution >= 4 is 11.9 Å². The highest BCUT2D eigenvalue weighted by atomic mass is 16.5. The maximum absolute atomic E-state index is 10.4. The summed E-state index contributed by atoms with van der Waals surface area (Å²) in [6.07, 6.45) is 1.10. The molecule has 0 bridgehead atoms. The van der Waals surface area contributed by atoms with E-state index >= 15 is 0 Å². The van der Waals surface area contributed by atoms with Crippen molar-refractivity contribution in [2.24, 2.45) is 10.2 Å². The number of hydrogen-bond donors (Lipinski definition) is 4. The summed E-state index contributed by atoms with van der Waals surface area (Å²) in [5, 5.41) is 48.6. The third kappa shape index (κ3) is 4.09. The van der Waals surface area contributed by atoms with Gasteiger partial charge >= 0.3 is 0 Å². The normalized spacial score (nSPS) is 16.8. The number of nitrogens with zero attached hydrogens (tertiary/aromatic N) is 2. The van der Waals surface area contributed by atoms with E-state index in [-0.39, 0.29) is 35.2 Å². The third-order valence-corrected chi connectivity index (χ3v) is 4.89. The Morgan fingerprint density at radius 1 is 0.968 bits per heavy atom. The lowest BCUT2D eigenvalue weighted by Gasteiger charge is -2.28. The van der Waals surface area contributed by atoms with Gasteiger partial charge in [0.2, 0.25) is 0 Å². The fourth-order valence-corrected chi connectivity index (χ4v) is 3.38. The summed E-state index contributed by atoms with van der Waals surface area (Å²) < 4.78 is 11.1. The van der Waals surface area contributed by atoms with Crippen LogP contribution in [0.1, 0.15) is 29.2 Å². The molecule has 8 nitrogen and oxygen atoms in total. The summed E-state index contributed by atoms with van der Waals surface area (Å²) >= 11 is 0. The molecule has 1 aliphatic heterocycles. The Balaban J connectivity index is 1.73. The van der Waals surface area contributed by atoms with Crippen LogP contribution in [0.2, 0.25) is 0 Å². The molecule has 3 aromatic carbocycles. The molecule has 0 spiro atoms. The van der Waals surface area contributed by atoms with Crippen LogP contribution in [0.15, 0.2) is 64.8 Å². The zero-order chi connectivity index (χ0) is 22.0. The molecule has 3 aromatic rings. The second-order valence-electron chi connectivity index (χ2n) is 6.93. The van der Waals surface area contributed by atoms with E-state index in [1.807, 2.05) is 0 Å². The lowest BCUT2D eigenvalue weighted by molar-refractivity contribution is 0.203. The molecular weight excluding hydrogens is 400 g/mol. The van der Waals surface area contributed by atoms with E-state index in [1.54, 1.807) is 36.4 Å². The van der Waals surface area contributed by atoms with Gasteiger partial charge in [-0.2, -0.15) is 10.2 Å². The van der Waals surface area contributed by atoms with E-state index in [1.165, 1.54) is 31.5 Å². The van der Waals surface area contributed by atoms with E-state index in [0.717, 1.165) is 0 Å². The summed E-state index contributed by atoms with van der Waals surface area (Å²) in [6, 6.07) is 14.2. The maximum Gasteiger partial charge on any atom is 0.160 e. The van der Waals surface area contributed by atoms with Crippen molar-refractivity contribution in [3.05, 3.63) is 71.3 Å². The second kappa shape index (κ2) is 8.27. The van der Waals surface area contributed by atoms with Gasteiger partial charge in [-0.25, -0.2) is 0 Å². The Labute approximate surface area is 178 Å². The second-order valence-corrected chi connectivity index (χ2v) is 6.93. The van der Waals surface area contributed by atoms with Crippen molar-refractivity contribution in [3.63, 3.8) is 0 Å². The van der Waals surface area contributed by atoms with Crippen molar-refractivity contribution in [3.8, 4) is 34.5 Å². The number of ether oxygens (including phenoxy) is 2. The van der Waals surface area contributed by atoms with Crippen LogP contribution in [0.4, 0.5) is 0 Å². The molecular formula is C23H20N2O6. The summed E-state index contributed by atoms with van der Waals surface area (Å²) in [5.41, 5.74) is 1.89. The van der Waals surface area contributed by atoms with Crippen LogP contribution >= 0.6 is 0 Å². The van der Waals surface area contributed by atoms with E-state index in [9.17, 15) is 20.4 Å². The van der Waals surface area contributed by atoms with Gasteiger partial charge in [-0.05, 0) is 29.8 Å². The quantitative estimate of drug-likeness (QED) is 0.375. The Bertz CT molecular complexity index is 1190. The summed E-state index contributed by atoms with van der Waals surface area (Å²) in [7, 11) is 1.46. The Kier molecular flexibility index (Phi) is 5.36. The molecule has 1 aliphatic rings. The van der Waals surface area contributed by atoms with E-state index in [2.05, 4.69) is 10.2 Å². The molecule has 0 saturated carbocycles.